The van der Waals surface area contributed by atoms with Gasteiger partial charge in [0.1, 0.15) is 0 Å². The number of hydrogen-bond donors (Lipinski definition) is 2. The van der Waals surface area contributed by atoms with Crippen LogP contribution in [0.1, 0.15) is 26.7 Å². The van der Waals surface area contributed by atoms with Crippen molar-refractivity contribution in [3.8, 4) is 0 Å². The molecule has 0 saturated carbocycles. The summed E-state index contributed by atoms with van der Waals surface area (Å²) in [7, 11) is 0. The Bertz CT molecular complexity index is 199. The number of hydrogen-bond acceptors (Lipinski definition) is 4. The molecule has 0 aromatic carbocycles. The zero-order valence-electron chi connectivity index (χ0n) is 11.4. The highest BCUT2D eigenvalue weighted by Crippen LogP contribution is 2.07. The Kier molecular flexibility index (Phi) is 7.04. The van der Waals surface area contributed by atoms with Crippen molar-refractivity contribution in [1.82, 2.24) is 9.80 Å². The average Bonchev–Trinajstić information content (AvgIpc) is 2.52. The zero-order valence-corrected chi connectivity index (χ0v) is 11.4. The van der Waals surface area contributed by atoms with Crippen molar-refractivity contribution >= 4 is 0 Å². The maximum Gasteiger partial charge on any atom is 0.0524 e. The summed E-state index contributed by atoms with van der Waals surface area (Å²) in [5.74, 6) is 0.596. The SMILES string of the molecule is CC(O)CCN1CCCN(CC(C)CN)CC1. The lowest BCUT2D eigenvalue weighted by atomic mass is 10.1. The molecule has 0 bridgehead atoms. The average molecular weight is 243 g/mol. The minimum absolute atomic E-state index is 0.174. The van der Waals surface area contributed by atoms with E-state index in [4.69, 9.17) is 5.73 Å². The number of rotatable bonds is 6. The molecule has 0 aromatic rings. The second kappa shape index (κ2) is 8.03. The molecule has 4 nitrogen and oxygen atoms in total. The number of aliphatic hydroxyl groups is 1. The van der Waals surface area contributed by atoms with Crippen LogP contribution in [0, 0.1) is 5.92 Å². The van der Waals surface area contributed by atoms with Crippen LogP contribution in [0.15, 0.2) is 0 Å². The van der Waals surface area contributed by atoms with Crippen LogP contribution in [0.25, 0.3) is 0 Å². The highest BCUT2D eigenvalue weighted by atomic mass is 16.3. The predicted molar refractivity (Wildman–Crippen MR) is 72.0 cm³/mol. The Balaban J connectivity index is 2.24. The molecule has 1 aliphatic heterocycles. The van der Waals surface area contributed by atoms with Gasteiger partial charge in [-0.1, -0.05) is 6.92 Å². The van der Waals surface area contributed by atoms with Gasteiger partial charge < -0.3 is 20.6 Å². The van der Waals surface area contributed by atoms with Crippen molar-refractivity contribution in [2.75, 3.05) is 45.8 Å². The molecule has 3 N–H and O–H groups in total. The molecule has 0 radical (unpaired) electrons. The molecule has 1 saturated heterocycles. The van der Waals surface area contributed by atoms with E-state index in [0.29, 0.717) is 5.92 Å². The quantitative estimate of drug-likeness (QED) is 0.707. The van der Waals surface area contributed by atoms with Crippen LogP contribution in [0.4, 0.5) is 0 Å². The zero-order chi connectivity index (χ0) is 12.7. The van der Waals surface area contributed by atoms with Gasteiger partial charge in [0.05, 0.1) is 6.10 Å². The number of aliphatic hydroxyl groups excluding tert-OH is 1. The minimum atomic E-state index is -0.174. The molecule has 4 heteroatoms. The van der Waals surface area contributed by atoms with Crippen molar-refractivity contribution in [2.24, 2.45) is 11.7 Å². The lowest BCUT2D eigenvalue weighted by molar-refractivity contribution is 0.156. The van der Waals surface area contributed by atoms with E-state index in [2.05, 4.69) is 16.7 Å². The second-order valence-electron chi connectivity index (χ2n) is 5.47. The van der Waals surface area contributed by atoms with Gasteiger partial charge in [0.2, 0.25) is 0 Å². The molecular formula is C13H29N3O. The van der Waals surface area contributed by atoms with Gasteiger partial charge in [-0.15, -0.1) is 0 Å². The normalized spacial score (nSPS) is 23.3. The molecule has 102 valence electrons. The predicted octanol–water partition coefficient (Wildman–Crippen LogP) is 0.360. The monoisotopic (exact) mass is 243 g/mol. The van der Waals surface area contributed by atoms with Gasteiger partial charge in [-0.05, 0) is 45.3 Å². The standard InChI is InChI=1S/C13H29N3O/c1-12(10-14)11-16-6-3-5-15(8-9-16)7-4-13(2)17/h12-13,17H,3-11,14H2,1-2H3. The van der Waals surface area contributed by atoms with Crippen LogP contribution >= 0.6 is 0 Å². The third-order valence-electron chi connectivity index (χ3n) is 3.52. The number of nitrogens with zero attached hydrogens (tertiary/aromatic N) is 2. The first-order valence-electron chi connectivity index (χ1n) is 6.94. The molecule has 17 heavy (non-hydrogen) atoms. The largest absolute Gasteiger partial charge is 0.393 e. The summed E-state index contributed by atoms with van der Waals surface area (Å²) in [5.41, 5.74) is 5.67. The van der Waals surface area contributed by atoms with Crippen LogP contribution in [-0.4, -0.2) is 66.8 Å². The molecular weight excluding hydrogens is 214 g/mol. The second-order valence-corrected chi connectivity index (χ2v) is 5.47. The van der Waals surface area contributed by atoms with Crippen molar-refractivity contribution in [3.63, 3.8) is 0 Å². The smallest absolute Gasteiger partial charge is 0.0524 e. The summed E-state index contributed by atoms with van der Waals surface area (Å²) in [6.45, 7) is 11.6. The molecule has 2 unspecified atom stereocenters. The van der Waals surface area contributed by atoms with Crippen LogP contribution < -0.4 is 5.73 Å². The van der Waals surface area contributed by atoms with E-state index in [9.17, 15) is 5.11 Å². The van der Waals surface area contributed by atoms with Crippen LogP contribution in [0.2, 0.25) is 0 Å². The van der Waals surface area contributed by atoms with Gasteiger partial charge in [-0.25, -0.2) is 0 Å². The first-order chi connectivity index (χ1) is 8.11. The van der Waals surface area contributed by atoms with Gasteiger partial charge >= 0.3 is 0 Å². The Labute approximate surface area is 106 Å². The lowest BCUT2D eigenvalue weighted by Crippen LogP contribution is -2.35. The van der Waals surface area contributed by atoms with Crippen molar-refractivity contribution in [1.29, 1.82) is 0 Å². The Morgan fingerprint density at radius 2 is 1.76 bits per heavy atom. The van der Waals surface area contributed by atoms with E-state index in [1.807, 2.05) is 6.92 Å². The fourth-order valence-electron chi connectivity index (χ4n) is 2.32. The first-order valence-corrected chi connectivity index (χ1v) is 6.94. The van der Waals surface area contributed by atoms with E-state index in [1.165, 1.54) is 19.5 Å². The summed E-state index contributed by atoms with van der Waals surface area (Å²) >= 11 is 0. The number of nitrogens with two attached hydrogens (primary N) is 1. The molecule has 0 amide bonds. The first kappa shape index (κ1) is 14.9. The van der Waals surface area contributed by atoms with E-state index >= 15 is 0 Å². The summed E-state index contributed by atoms with van der Waals surface area (Å²) in [6, 6.07) is 0. The van der Waals surface area contributed by atoms with Crippen molar-refractivity contribution in [3.05, 3.63) is 0 Å². The van der Waals surface area contributed by atoms with E-state index in [0.717, 1.165) is 39.1 Å². The Morgan fingerprint density at radius 1 is 1.12 bits per heavy atom. The van der Waals surface area contributed by atoms with Crippen molar-refractivity contribution < 1.29 is 5.11 Å². The molecule has 0 spiro atoms. The summed E-state index contributed by atoms with van der Waals surface area (Å²) in [4.78, 5) is 5.00. The fraction of sp³-hybridized carbons (Fsp3) is 1.00. The molecule has 0 aromatic heterocycles. The van der Waals surface area contributed by atoms with Gasteiger partial charge in [0, 0.05) is 26.2 Å². The minimum Gasteiger partial charge on any atom is -0.393 e. The van der Waals surface area contributed by atoms with Gasteiger partial charge in [0.15, 0.2) is 0 Å². The van der Waals surface area contributed by atoms with Gasteiger partial charge in [-0.3, -0.25) is 0 Å². The molecule has 1 aliphatic rings. The lowest BCUT2D eigenvalue weighted by Gasteiger charge is -2.24. The summed E-state index contributed by atoms with van der Waals surface area (Å²) in [6.07, 6.45) is 1.95. The third-order valence-corrected chi connectivity index (χ3v) is 3.52. The molecule has 2 atom stereocenters. The summed E-state index contributed by atoms with van der Waals surface area (Å²) < 4.78 is 0. The van der Waals surface area contributed by atoms with Gasteiger partial charge in [-0.2, -0.15) is 0 Å². The maximum atomic E-state index is 9.31. The fourth-order valence-corrected chi connectivity index (χ4v) is 2.32. The van der Waals surface area contributed by atoms with Crippen LogP contribution in [0.5, 0.6) is 0 Å². The van der Waals surface area contributed by atoms with Crippen molar-refractivity contribution in [2.45, 2.75) is 32.8 Å². The van der Waals surface area contributed by atoms with E-state index in [1.54, 1.807) is 0 Å². The topological polar surface area (TPSA) is 52.7 Å². The Morgan fingerprint density at radius 3 is 2.41 bits per heavy atom. The molecule has 1 heterocycles. The molecule has 1 fully saturated rings. The van der Waals surface area contributed by atoms with E-state index < -0.39 is 0 Å². The Hall–Kier alpha value is -0.160. The molecule has 0 aliphatic carbocycles. The van der Waals surface area contributed by atoms with Crippen LogP contribution in [-0.2, 0) is 0 Å². The molecule has 1 rings (SSSR count). The van der Waals surface area contributed by atoms with Crippen LogP contribution in [0.3, 0.4) is 0 Å². The van der Waals surface area contributed by atoms with E-state index in [-0.39, 0.29) is 6.10 Å². The summed E-state index contributed by atoms with van der Waals surface area (Å²) in [5, 5.41) is 9.31. The highest BCUT2D eigenvalue weighted by Gasteiger charge is 2.16. The van der Waals surface area contributed by atoms with Gasteiger partial charge in [0.25, 0.3) is 0 Å². The highest BCUT2D eigenvalue weighted by molar-refractivity contribution is 4.72. The maximum absolute atomic E-state index is 9.31. The third kappa shape index (κ3) is 6.36.